The van der Waals surface area contributed by atoms with Crippen molar-refractivity contribution in [3.8, 4) is 17.1 Å². The second-order valence-corrected chi connectivity index (χ2v) is 13.3. The number of carbonyl (C=O) groups is 3. The number of aliphatic hydroxyl groups is 1. The van der Waals surface area contributed by atoms with Gasteiger partial charge in [-0.3, -0.25) is 19.4 Å². The van der Waals surface area contributed by atoms with E-state index in [1.165, 1.54) is 26.1 Å². The van der Waals surface area contributed by atoms with Crippen LogP contribution in [0.5, 0.6) is 5.75 Å². The summed E-state index contributed by atoms with van der Waals surface area (Å²) in [7, 11) is 0. The van der Waals surface area contributed by atoms with Gasteiger partial charge in [0.2, 0.25) is 0 Å². The van der Waals surface area contributed by atoms with Gasteiger partial charge in [0.05, 0.1) is 6.10 Å². The molecule has 0 aromatic carbocycles. The molecule has 3 aromatic rings. The van der Waals surface area contributed by atoms with E-state index in [1.54, 1.807) is 25.3 Å². The Balaban J connectivity index is 1.48. The van der Waals surface area contributed by atoms with Crippen LogP contribution in [-0.2, 0) is 35.0 Å². The number of aliphatic hydroxyl groups excluding tert-OH is 1. The summed E-state index contributed by atoms with van der Waals surface area (Å²) in [6, 6.07) is 4.96. The number of nitrogens with zero attached hydrogens (tertiary/aromatic N) is 4. The van der Waals surface area contributed by atoms with Gasteiger partial charge in [0.25, 0.3) is 0 Å². The Morgan fingerprint density at radius 1 is 1.13 bits per heavy atom. The molecule has 0 saturated heterocycles. The molecule has 2 N–H and O–H groups in total. The molecule has 0 spiro atoms. The van der Waals surface area contributed by atoms with E-state index in [4.69, 9.17) is 23.4 Å². The minimum Gasteiger partial charge on any atom is -0.482 e. The highest BCUT2D eigenvalue weighted by molar-refractivity contribution is 5.72. The molecule has 15 nitrogen and oxygen atoms in total. The zero-order valence-electron chi connectivity index (χ0n) is 26.7. The second kappa shape index (κ2) is 11.9. The Hall–Kier alpha value is -4.66. The summed E-state index contributed by atoms with van der Waals surface area (Å²) in [5, 5.41) is 25.6. The maximum absolute atomic E-state index is 13.6. The van der Waals surface area contributed by atoms with Gasteiger partial charge in [0.1, 0.15) is 47.9 Å². The van der Waals surface area contributed by atoms with Crippen molar-refractivity contribution in [3.05, 3.63) is 52.4 Å². The lowest BCUT2D eigenvalue weighted by molar-refractivity contribution is -0.271. The van der Waals surface area contributed by atoms with E-state index in [1.807, 2.05) is 13.8 Å². The first-order chi connectivity index (χ1) is 22.3. The number of pyridine rings is 1. The van der Waals surface area contributed by atoms with Gasteiger partial charge in [0, 0.05) is 49.2 Å². The lowest BCUT2D eigenvalue weighted by Gasteiger charge is -2.66. The van der Waals surface area contributed by atoms with Crippen LogP contribution in [0.1, 0.15) is 71.4 Å². The number of carbonyl (C=O) groups excluding carboxylic acids is 3. The number of fused-ring (bicyclic) bond motifs is 4. The van der Waals surface area contributed by atoms with Crippen molar-refractivity contribution in [2.24, 2.45) is 22.7 Å². The van der Waals surface area contributed by atoms with Gasteiger partial charge in [-0.15, -0.1) is 5.10 Å². The SMILES string of the molecule is CC(=O)OCC1(C)C2C[C@H](OC(=O)Cc3nnn[nH]3)[C@@]3(C)Oc4cc(-c5cccnc5)oc(=O)c4[C@H](O)C3[C@@]2(C)CC[C@@H]1OC(C)=O. The third kappa shape index (κ3) is 5.55. The molecule has 6 rings (SSSR count). The molecule has 2 aliphatic carbocycles. The number of aromatic amines is 1. The average Bonchev–Trinajstić information content (AvgIpc) is 3.51. The summed E-state index contributed by atoms with van der Waals surface area (Å²) < 4.78 is 29.9. The lowest BCUT2D eigenvalue weighted by atomic mass is 9.42. The highest BCUT2D eigenvalue weighted by atomic mass is 16.6. The lowest BCUT2D eigenvalue weighted by Crippen LogP contribution is -2.71. The topological polar surface area (TPSA) is 206 Å². The maximum atomic E-state index is 13.6. The van der Waals surface area contributed by atoms with E-state index in [0.29, 0.717) is 18.4 Å². The van der Waals surface area contributed by atoms with E-state index in [2.05, 4.69) is 25.6 Å². The molecule has 47 heavy (non-hydrogen) atoms. The first kappa shape index (κ1) is 32.3. The monoisotopic (exact) mass is 651 g/mol. The minimum absolute atomic E-state index is 0.0522. The number of aromatic nitrogens is 5. The van der Waals surface area contributed by atoms with Crippen molar-refractivity contribution in [2.45, 2.75) is 84.2 Å². The van der Waals surface area contributed by atoms with Gasteiger partial charge in [-0.05, 0) is 60.1 Å². The van der Waals surface area contributed by atoms with Crippen molar-refractivity contribution in [1.82, 2.24) is 25.6 Å². The molecule has 2 fully saturated rings. The Kier molecular flexibility index (Phi) is 8.14. The number of hydrogen-bond acceptors (Lipinski definition) is 14. The standard InChI is InChI=1S/C32H37N5O10/c1-16(38)43-15-31(4)21-12-23(46-25(40)13-24-34-36-37-35-24)32(5)28(30(21,3)9-8-22(31)44-17(2)39)27(41)26-20(47-32)11-19(45-29(26)42)18-7-6-10-33-14-18/h6-7,10-11,14,21-23,27-28,41H,8-9,12-13,15H2,1-5H3,(H,34,35,36,37)/t21?,22-,23-,27-,28?,30-,31?,32+/m0/s1. The van der Waals surface area contributed by atoms with Gasteiger partial charge in [-0.1, -0.05) is 13.8 Å². The number of H-pyrrole nitrogens is 1. The van der Waals surface area contributed by atoms with Crippen LogP contribution in [0.25, 0.3) is 11.3 Å². The maximum Gasteiger partial charge on any atom is 0.345 e. The predicted octanol–water partition coefficient (Wildman–Crippen LogP) is 2.49. The van der Waals surface area contributed by atoms with E-state index < -0.39 is 70.1 Å². The fourth-order valence-electron chi connectivity index (χ4n) is 8.43. The van der Waals surface area contributed by atoms with Crippen molar-refractivity contribution in [1.29, 1.82) is 0 Å². The Morgan fingerprint density at radius 3 is 2.57 bits per heavy atom. The van der Waals surface area contributed by atoms with Crippen LogP contribution in [0.2, 0.25) is 0 Å². The normalized spacial score (nSPS) is 32.5. The van der Waals surface area contributed by atoms with Gasteiger partial charge in [-0.2, -0.15) is 0 Å². The first-order valence-electron chi connectivity index (χ1n) is 15.4. The fraction of sp³-hybridized carbons (Fsp3) is 0.562. The third-order valence-electron chi connectivity index (χ3n) is 10.4. The fourth-order valence-corrected chi connectivity index (χ4v) is 8.43. The van der Waals surface area contributed by atoms with Crippen LogP contribution in [0, 0.1) is 22.7 Å². The Morgan fingerprint density at radius 2 is 1.91 bits per heavy atom. The van der Waals surface area contributed by atoms with Crippen LogP contribution < -0.4 is 10.4 Å². The van der Waals surface area contributed by atoms with Gasteiger partial charge in [0.15, 0.2) is 5.82 Å². The Bertz CT molecular complexity index is 1730. The van der Waals surface area contributed by atoms with E-state index in [-0.39, 0.29) is 42.3 Å². The number of hydrogen-bond donors (Lipinski definition) is 2. The molecule has 15 heteroatoms. The van der Waals surface area contributed by atoms with Gasteiger partial charge >= 0.3 is 23.5 Å². The smallest absolute Gasteiger partial charge is 0.345 e. The number of rotatable bonds is 7. The van der Waals surface area contributed by atoms with Crippen LogP contribution in [-0.4, -0.2) is 73.0 Å². The molecule has 3 aromatic heterocycles. The molecule has 0 radical (unpaired) electrons. The van der Waals surface area contributed by atoms with Crippen LogP contribution in [0.3, 0.4) is 0 Å². The molecule has 3 unspecified atom stereocenters. The number of esters is 3. The summed E-state index contributed by atoms with van der Waals surface area (Å²) in [6.45, 7) is 8.12. The minimum atomic E-state index is -1.40. The number of nitrogens with one attached hydrogen (secondary N) is 1. The summed E-state index contributed by atoms with van der Waals surface area (Å²) in [4.78, 5) is 55.4. The predicted molar refractivity (Wildman–Crippen MR) is 159 cm³/mol. The molecule has 0 amide bonds. The molecular formula is C32H37N5O10. The first-order valence-corrected chi connectivity index (χ1v) is 15.4. The molecule has 4 heterocycles. The summed E-state index contributed by atoms with van der Waals surface area (Å²) in [5.74, 6) is -2.46. The molecule has 250 valence electrons. The molecule has 0 bridgehead atoms. The van der Waals surface area contributed by atoms with Crippen molar-refractivity contribution in [3.63, 3.8) is 0 Å². The molecule has 1 aliphatic heterocycles. The molecular weight excluding hydrogens is 614 g/mol. The second-order valence-electron chi connectivity index (χ2n) is 13.3. The largest absolute Gasteiger partial charge is 0.482 e. The molecule has 3 aliphatic rings. The Labute approximate surface area is 269 Å². The van der Waals surface area contributed by atoms with Gasteiger partial charge in [-0.25, -0.2) is 9.89 Å². The average molecular weight is 652 g/mol. The van der Waals surface area contributed by atoms with Gasteiger partial charge < -0.3 is 28.5 Å². The van der Waals surface area contributed by atoms with Crippen molar-refractivity contribution >= 4 is 17.9 Å². The zero-order valence-corrected chi connectivity index (χ0v) is 26.7. The van der Waals surface area contributed by atoms with E-state index >= 15 is 0 Å². The molecule has 8 atom stereocenters. The summed E-state index contributed by atoms with van der Waals surface area (Å²) >= 11 is 0. The third-order valence-corrected chi connectivity index (χ3v) is 10.4. The molecule has 2 saturated carbocycles. The summed E-state index contributed by atoms with van der Waals surface area (Å²) in [6.07, 6.45) is 0.842. The highest BCUT2D eigenvalue weighted by Gasteiger charge is 2.71. The number of tetrazole rings is 1. The van der Waals surface area contributed by atoms with E-state index in [9.17, 15) is 24.3 Å². The zero-order chi connectivity index (χ0) is 33.7. The summed E-state index contributed by atoms with van der Waals surface area (Å²) in [5.41, 5.74) is -3.43. The number of ether oxygens (including phenoxy) is 4. The van der Waals surface area contributed by atoms with Crippen LogP contribution in [0.4, 0.5) is 0 Å². The van der Waals surface area contributed by atoms with Crippen molar-refractivity contribution < 1.29 is 42.9 Å². The quantitative estimate of drug-likeness (QED) is 0.278. The van der Waals surface area contributed by atoms with E-state index in [0.717, 1.165) is 0 Å². The highest BCUT2D eigenvalue weighted by Crippen LogP contribution is 2.67. The van der Waals surface area contributed by atoms with Crippen LogP contribution in [0.15, 0.2) is 39.8 Å². The van der Waals surface area contributed by atoms with Crippen LogP contribution >= 0.6 is 0 Å². The van der Waals surface area contributed by atoms with Crippen molar-refractivity contribution in [2.75, 3.05) is 6.61 Å².